The number of rotatable bonds is 2. The minimum Gasteiger partial charge on any atom is -0.372 e. The normalized spacial score (nSPS) is 10.8. The molecule has 0 saturated heterocycles. The van der Waals surface area contributed by atoms with Crippen molar-refractivity contribution >= 4 is 28.3 Å². The molecule has 1 aromatic heterocycles. The van der Waals surface area contributed by atoms with Crippen molar-refractivity contribution in [1.29, 1.82) is 0 Å². The number of aromatic nitrogens is 2. The van der Waals surface area contributed by atoms with Gasteiger partial charge in [-0.2, -0.15) is 4.98 Å². The molecule has 2 aromatic carbocycles. The van der Waals surface area contributed by atoms with E-state index in [9.17, 15) is 9.18 Å². The number of nitrogens with one attached hydrogen (secondary N) is 1. The van der Waals surface area contributed by atoms with Crippen LogP contribution in [0.3, 0.4) is 0 Å². The van der Waals surface area contributed by atoms with E-state index in [1.54, 1.807) is 37.4 Å². The molecular weight excluding hydrogens is 293 g/mol. The number of halogens is 2. The van der Waals surface area contributed by atoms with Crippen LogP contribution in [0.15, 0.2) is 47.3 Å². The summed E-state index contributed by atoms with van der Waals surface area (Å²) in [6.45, 7) is 0. The Hall–Kier alpha value is -2.40. The highest BCUT2D eigenvalue weighted by Gasteiger charge is 2.12. The number of hydrogen-bond donors (Lipinski definition) is 1. The summed E-state index contributed by atoms with van der Waals surface area (Å²) < 4.78 is 14.8. The van der Waals surface area contributed by atoms with Crippen molar-refractivity contribution in [3.63, 3.8) is 0 Å². The summed E-state index contributed by atoms with van der Waals surface area (Å²) in [5, 5.41) is 4.09. The minimum atomic E-state index is -0.500. The van der Waals surface area contributed by atoms with Crippen LogP contribution < -0.4 is 11.0 Å². The lowest BCUT2D eigenvalue weighted by Gasteiger charge is -2.12. The lowest BCUT2D eigenvalue weighted by molar-refractivity contribution is 0.626. The number of hydrogen-bond acceptors (Lipinski definition) is 3. The maximum absolute atomic E-state index is 13.4. The Morgan fingerprint density at radius 2 is 2.05 bits per heavy atom. The molecule has 0 aliphatic carbocycles. The van der Waals surface area contributed by atoms with E-state index in [-0.39, 0.29) is 0 Å². The quantitative estimate of drug-likeness (QED) is 0.790. The Balaban J connectivity index is 2.45. The third kappa shape index (κ3) is 2.36. The zero-order chi connectivity index (χ0) is 15.0. The molecule has 0 bridgehead atoms. The molecule has 0 aliphatic heterocycles. The van der Waals surface area contributed by atoms with Crippen LogP contribution in [0, 0.1) is 5.82 Å². The van der Waals surface area contributed by atoms with Crippen LogP contribution >= 0.6 is 11.6 Å². The Labute approximate surface area is 124 Å². The van der Waals surface area contributed by atoms with Gasteiger partial charge in [-0.1, -0.05) is 17.7 Å². The minimum absolute atomic E-state index is 0.405. The largest absolute Gasteiger partial charge is 0.372 e. The Bertz CT molecular complexity index is 892. The maximum Gasteiger partial charge on any atom is 0.354 e. The maximum atomic E-state index is 13.4. The lowest BCUT2D eigenvalue weighted by Crippen LogP contribution is -2.23. The van der Waals surface area contributed by atoms with Gasteiger partial charge in [0.15, 0.2) is 0 Å². The van der Waals surface area contributed by atoms with E-state index in [1.165, 1.54) is 16.7 Å². The fourth-order valence-corrected chi connectivity index (χ4v) is 2.42. The van der Waals surface area contributed by atoms with Crippen molar-refractivity contribution < 1.29 is 4.39 Å². The van der Waals surface area contributed by atoms with Gasteiger partial charge in [0.25, 0.3) is 0 Å². The highest BCUT2D eigenvalue weighted by Crippen LogP contribution is 2.25. The van der Waals surface area contributed by atoms with E-state index in [0.717, 1.165) is 5.39 Å². The number of fused-ring (bicyclic) bond motifs is 1. The molecule has 1 N–H and O–H groups in total. The Morgan fingerprint density at radius 1 is 1.24 bits per heavy atom. The molecule has 4 nitrogen and oxygen atoms in total. The lowest BCUT2D eigenvalue weighted by atomic mass is 10.2. The standard InChI is InChI=1S/C15H11ClFN3O/c1-18-14-12-6-5-9(16)7-13(12)20(15(21)19-14)11-4-2-3-10(17)8-11/h2-8H,1H3,(H,18,19,21). The van der Waals surface area contributed by atoms with Crippen LogP contribution in [0.25, 0.3) is 16.6 Å². The first-order valence-corrected chi connectivity index (χ1v) is 6.64. The Morgan fingerprint density at radius 3 is 2.76 bits per heavy atom. The zero-order valence-corrected chi connectivity index (χ0v) is 11.9. The van der Waals surface area contributed by atoms with Gasteiger partial charge in [0, 0.05) is 17.5 Å². The van der Waals surface area contributed by atoms with Crippen molar-refractivity contribution in [2.45, 2.75) is 0 Å². The zero-order valence-electron chi connectivity index (χ0n) is 11.1. The molecule has 0 atom stereocenters. The van der Waals surface area contributed by atoms with Gasteiger partial charge >= 0.3 is 5.69 Å². The summed E-state index contributed by atoms with van der Waals surface area (Å²) in [5.41, 5.74) is 0.472. The summed E-state index contributed by atoms with van der Waals surface area (Å²) in [4.78, 5) is 16.3. The third-order valence-electron chi connectivity index (χ3n) is 3.16. The summed E-state index contributed by atoms with van der Waals surface area (Å²) in [6, 6.07) is 10.9. The molecule has 0 spiro atoms. The van der Waals surface area contributed by atoms with Gasteiger partial charge < -0.3 is 5.32 Å². The predicted molar refractivity (Wildman–Crippen MR) is 81.9 cm³/mol. The topological polar surface area (TPSA) is 46.9 Å². The van der Waals surface area contributed by atoms with Gasteiger partial charge in [0.05, 0.1) is 11.2 Å². The monoisotopic (exact) mass is 303 g/mol. The molecule has 0 unspecified atom stereocenters. The molecular formula is C15H11ClFN3O. The second-order valence-electron chi connectivity index (χ2n) is 4.47. The first kappa shape index (κ1) is 13.6. The molecule has 1 heterocycles. The molecule has 0 radical (unpaired) electrons. The Kier molecular flexibility index (Phi) is 3.35. The fourth-order valence-electron chi connectivity index (χ4n) is 2.25. The van der Waals surface area contributed by atoms with Crippen molar-refractivity contribution in [1.82, 2.24) is 9.55 Å². The highest BCUT2D eigenvalue weighted by atomic mass is 35.5. The number of benzene rings is 2. The van der Waals surface area contributed by atoms with Gasteiger partial charge in [0.1, 0.15) is 11.6 Å². The van der Waals surface area contributed by atoms with Crippen molar-refractivity contribution in [3.05, 3.63) is 63.8 Å². The van der Waals surface area contributed by atoms with Crippen LogP contribution in [0.4, 0.5) is 10.2 Å². The van der Waals surface area contributed by atoms with Crippen LogP contribution in [0.5, 0.6) is 0 Å². The van der Waals surface area contributed by atoms with E-state index in [4.69, 9.17) is 11.6 Å². The molecule has 21 heavy (non-hydrogen) atoms. The fraction of sp³-hybridized carbons (Fsp3) is 0.0667. The smallest absolute Gasteiger partial charge is 0.354 e. The van der Waals surface area contributed by atoms with E-state index >= 15 is 0 Å². The molecule has 0 saturated carbocycles. The van der Waals surface area contributed by atoms with Crippen molar-refractivity contribution in [3.8, 4) is 5.69 Å². The predicted octanol–water partition coefficient (Wildman–Crippen LogP) is 3.22. The third-order valence-corrected chi connectivity index (χ3v) is 3.39. The second-order valence-corrected chi connectivity index (χ2v) is 4.91. The van der Waals surface area contributed by atoms with E-state index < -0.39 is 11.5 Å². The average Bonchev–Trinajstić information content (AvgIpc) is 2.46. The SMILES string of the molecule is CNc1nc(=O)n(-c2cccc(F)c2)c2cc(Cl)ccc12. The van der Waals surface area contributed by atoms with Gasteiger partial charge in [-0.05, 0) is 36.4 Å². The first-order chi connectivity index (χ1) is 10.1. The van der Waals surface area contributed by atoms with Crippen LogP contribution in [0.1, 0.15) is 0 Å². The van der Waals surface area contributed by atoms with E-state index in [1.807, 2.05) is 0 Å². The summed E-state index contributed by atoms with van der Waals surface area (Å²) in [7, 11) is 1.68. The molecule has 0 amide bonds. The molecule has 6 heteroatoms. The highest BCUT2D eigenvalue weighted by molar-refractivity contribution is 6.31. The summed E-state index contributed by atoms with van der Waals surface area (Å²) in [6.07, 6.45) is 0. The molecule has 0 fully saturated rings. The van der Waals surface area contributed by atoms with Crippen LogP contribution in [-0.2, 0) is 0 Å². The number of nitrogens with zero attached hydrogens (tertiary/aromatic N) is 2. The average molecular weight is 304 g/mol. The van der Waals surface area contributed by atoms with Gasteiger partial charge in [-0.25, -0.2) is 9.18 Å². The van der Waals surface area contributed by atoms with E-state index in [0.29, 0.717) is 22.0 Å². The first-order valence-electron chi connectivity index (χ1n) is 6.26. The second kappa shape index (κ2) is 5.18. The van der Waals surface area contributed by atoms with Gasteiger partial charge in [0.2, 0.25) is 0 Å². The van der Waals surface area contributed by atoms with E-state index in [2.05, 4.69) is 10.3 Å². The van der Waals surface area contributed by atoms with Gasteiger partial charge in [-0.3, -0.25) is 4.57 Å². The van der Waals surface area contributed by atoms with Crippen molar-refractivity contribution in [2.24, 2.45) is 0 Å². The molecule has 3 rings (SSSR count). The summed E-state index contributed by atoms with van der Waals surface area (Å²) >= 11 is 6.03. The van der Waals surface area contributed by atoms with Crippen molar-refractivity contribution in [2.75, 3.05) is 12.4 Å². The summed E-state index contributed by atoms with van der Waals surface area (Å²) in [5.74, 6) is 0.0339. The van der Waals surface area contributed by atoms with Crippen LogP contribution in [0.2, 0.25) is 5.02 Å². The molecule has 3 aromatic rings. The van der Waals surface area contributed by atoms with Gasteiger partial charge in [-0.15, -0.1) is 0 Å². The molecule has 0 aliphatic rings. The number of anilines is 1. The van der Waals surface area contributed by atoms with Crippen LogP contribution in [-0.4, -0.2) is 16.6 Å². The molecule has 106 valence electrons.